The number of fused-ring (bicyclic) bond motifs is 1. The first kappa shape index (κ1) is 21.2. The van der Waals surface area contributed by atoms with Crippen molar-refractivity contribution >= 4 is 22.4 Å². The first-order chi connectivity index (χ1) is 15.0. The lowest BCUT2D eigenvalue weighted by Crippen LogP contribution is -2.34. The lowest BCUT2D eigenvalue weighted by atomic mass is 9.99. The molecular weight excluding hydrogens is 388 g/mol. The fourth-order valence-corrected chi connectivity index (χ4v) is 4.54. The predicted octanol–water partition coefficient (Wildman–Crippen LogP) is 4.80. The fraction of sp³-hybridized carbons (Fsp3) is 0.346. The van der Waals surface area contributed by atoms with Crippen LogP contribution in [0.1, 0.15) is 37.4 Å². The summed E-state index contributed by atoms with van der Waals surface area (Å²) in [6.45, 7) is 6.55. The molecule has 1 aliphatic rings. The number of ether oxygens (including phenoxy) is 1. The lowest BCUT2D eigenvalue weighted by molar-refractivity contribution is -0.136. The number of benzene rings is 3. The summed E-state index contributed by atoms with van der Waals surface area (Å²) < 4.78 is 5.72. The van der Waals surface area contributed by atoms with E-state index in [0.29, 0.717) is 18.4 Å². The molecule has 1 aliphatic heterocycles. The molecule has 2 N–H and O–H groups in total. The standard InChI is InChI=1S/C26H30N2O3/c1-3-31-25-16-22(12-11-20(25)15-26(29)30)28-14-13-21(17-28)27-18(2)23-10-6-8-19-7-4-5-9-24(19)23/h4-12,16,18,21,27H,3,13-15,17H2,1-2H3,(H,29,30)/t18-,21+/m1/s1. The molecule has 1 heterocycles. The summed E-state index contributed by atoms with van der Waals surface area (Å²) in [7, 11) is 0. The first-order valence-corrected chi connectivity index (χ1v) is 11.0. The molecule has 1 saturated heterocycles. The van der Waals surface area contributed by atoms with Crippen molar-refractivity contribution in [2.75, 3.05) is 24.6 Å². The Labute approximate surface area is 183 Å². The predicted molar refractivity (Wildman–Crippen MR) is 125 cm³/mol. The van der Waals surface area contributed by atoms with Crippen molar-refractivity contribution in [3.05, 3.63) is 71.8 Å². The van der Waals surface area contributed by atoms with Gasteiger partial charge in [0.25, 0.3) is 0 Å². The van der Waals surface area contributed by atoms with Gasteiger partial charge in [0, 0.05) is 42.5 Å². The van der Waals surface area contributed by atoms with Gasteiger partial charge < -0.3 is 20.1 Å². The van der Waals surface area contributed by atoms with Crippen LogP contribution in [0.5, 0.6) is 5.75 Å². The highest BCUT2D eigenvalue weighted by atomic mass is 16.5. The maximum absolute atomic E-state index is 11.1. The third-order valence-electron chi connectivity index (χ3n) is 6.02. The highest BCUT2D eigenvalue weighted by molar-refractivity contribution is 5.86. The van der Waals surface area contributed by atoms with Crippen molar-refractivity contribution in [2.24, 2.45) is 0 Å². The Morgan fingerprint density at radius 2 is 2.00 bits per heavy atom. The Morgan fingerprint density at radius 1 is 1.19 bits per heavy atom. The largest absolute Gasteiger partial charge is 0.494 e. The number of aliphatic carboxylic acids is 1. The maximum Gasteiger partial charge on any atom is 0.307 e. The van der Waals surface area contributed by atoms with E-state index in [1.54, 1.807) is 0 Å². The highest BCUT2D eigenvalue weighted by Crippen LogP contribution is 2.30. The van der Waals surface area contributed by atoms with E-state index in [4.69, 9.17) is 9.84 Å². The van der Waals surface area contributed by atoms with Gasteiger partial charge in [0.05, 0.1) is 13.0 Å². The summed E-state index contributed by atoms with van der Waals surface area (Å²) in [5, 5.41) is 15.5. The Balaban J connectivity index is 1.45. The van der Waals surface area contributed by atoms with Gasteiger partial charge >= 0.3 is 5.97 Å². The van der Waals surface area contributed by atoms with E-state index in [1.165, 1.54) is 16.3 Å². The van der Waals surface area contributed by atoms with E-state index >= 15 is 0 Å². The van der Waals surface area contributed by atoms with Gasteiger partial charge in [0.1, 0.15) is 5.75 Å². The van der Waals surface area contributed by atoms with E-state index in [2.05, 4.69) is 59.6 Å². The Bertz CT molecular complexity index is 1060. The lowest BCUT2D eigenvalue weighted by Gasteiger charge is -2.23. The summed E-state index contributed by atoms with van der Waals surface area (Å²) in [6.07, 6.45) is 1.04. The molecule has 162 valence electrons. The van der Waals surface area contributed by atoms with Crippen molar-refractivity contribution < 1.29 is 14.6 Å². The van der Waals surface area contributed by atoms with Crippen molar-refractivity contribution in [3.8, 4) is 5.75 Å². The number of rotatable bonds is 8. The monoisotopic (exact) mass is 418 g/mol. The van der Waals surface area contributed by atoms with E-state index in [0.717, 1.165) is 30.8 Å². The molecule has 3 aromatic carbocycles. The van der Waals surface area contributed by atoms with Crippen molar-refractivity contribution in [2.45, 2.75) is 38.8 Å². The van der Waals surface area contributed by atoms with Crippen LogP contribution in [0.3, 0.4) is 0 Å². The SMILES string of the molecule is CCOc1cc(N2CC[C@H](N[C@H](C)c3cccc4ccccc34)C2)ccc1CC(=O)O. The van der Waals surface area contributed by atoms with Crippen LogP contribution in [0.4, 0.5) is 5.69 Å². The molecule has 0 saturated carbocycles. The van der Waals surface area contributed by atoms with Crippen LogP contribution in [0.2, 0.25) is 0 Å². The molecule has 31 heavy (non-hydrogen) atoms. The molecule has 0 amide bonds. The van der Waals surface area contributed by atoms with Crippen LogP contribution in [-0.4, -0.2) is 36.8 Å². The first-order valence-electron chi connectivity index (χ1n) is 11.0. The number of carbonyl (C=O) groups is 1. The molecule has 0 aliphatic carbocycles. The zero-order valence-electron chi connectivity index (χ0n) is 18.2. The Morgan fingerprint density at radius 3 is 2.81 bits per heavy atom. The third kappa shape index (κ3) is 4.83. The number of hydrogen-bond donors (Lipinski definition) is 2. The number of anilines is 1. The molecule has 0 bridgehead atoms. The van der Waals surface area contributed by atoms with Gasteiger partial charge in [-0.25, -0.2) is 0 Å². The van der Waals surface area contributed by atoms with E-state index in [-0.39, 0.29) is 12.5 Å². The summed E-state index contributed by atoms with van der Waals surface area (Å²) in [4.78, 5) is 13.5. The topological polar surface area (TPSA) is 61.8 Å². The van der Waals surface area contributed by atoms with Gasteiger partial charge in [-0.2, -0.15) is 0 Å². The van der Waals surface area contributed by atoms with Gasteiger partial charge in [0.2, 0.25) is 0 Å². The van der Waals surface area contributed by atoms with Crippen LogP contribution in [0.15, 0.2) is 60.7 Å². The zero-order chi connectivity index (χ0) is 21.8. The average Bonchev–Trinajstić information content (AvgIpc) is 3.23. The second-order valence-corrected chi connectivity index (χ2v) is 8.18. The number of nitrogens with one attached hydrogen (secondary N) is 1. The van der Waals surface area contributed by atoms with Crippen molar-refractivity contribution in [3.63, 3.8) is 0 Å². The smallest absolute Gasteiger partial charge is 0.307 e. The molecule has 0 spiro atoms. The molecule has 0 aromatic heterocycles. The van der Waals surface area contributed by atoms with Gasteiger partial charge in [-0.15, -0.1) is 0 Å². The van der Waals surface area contributed by atoms with Crippen LogP contribution in [0, 0.1) is 0 Å². The molecular formula is C26H30N2O3. The molecule has 2 atom stereocenters. The van der Waals surface area contributed by atoms with Gasteiger partial charge in [0.15, 0.2) is 0 Å². The normalized spacial score (nSPS) is 17.1. The Hall–Kier alpha value is -3.05. The van der Waals surface area contributed by atoms with Gasteiger partial charge in [-0.05, 0) is 42.7 Å². The number of hydrogen-bond acceptors (Lipinski definition) is 4. The van der Waals surface area contributed by atoms with Crippen LogP contribution >= 0.6 is 0 Å². The second kappa shape index (κ2) is 9.40. The van der Waals surface area contributed by atoms with Crippen molar-refractivity contribution in [1.29, 1.82) is 0 Å². The molecule has 5 heteroatoms. The number of carboxylic acid groups (broad SMARTS) is 1. The van der Waals surface area contributed by atoms with Crippen LogP contribution in [0.25, 0.3) is 10.8 Å². The minimum atomic E-state index is -0.846. The summed E-state index contributed by atoms with van der Waals surface area (Å²) in [5.74, 6) is -0.176. The Kier molecular flexibility index (Phi) is 6.42. The maximum atomic E-state index is 11.1. The third-order valence-corrected chi connectivity index (χ3v) is 6.02. The van der Waals surface area contributed by atoms with E-state index < -0.39 is 5.97 Å². The van der Waals surface area contributed by atoms with Crippen LogP contribution in [-0.2, 0) is 11.2 Å². The molecule has 5 nitrogen and oxygen atoms in total. The fourth-order valence-electron chi connectivity index (χ4n) is 4.54. The molecule has 3 aromatic rings. The summed E-state index contributed by atoms with van der Waals surface area (Å²) in [5.41, 5.74) is 3.13. The molecule has 0 radical (unpaired) electrons. The minimum Gasteiger partial charge on any atom is -0.494 e. The summed E-state index contributed by atoms with van der Waals surface area (Å²) in [6, 6.07) is 21.6. The zero-order valence-corrected chi connectivity index (χ0v) is 18.2. The van der Waals surface area contributed by atoms with E-state index in [1.807, 2.05) is 25.1 Å². The van der Waals surface area contributed by atoms with Gasteiger partial charge in [-0.3, -0.25) is 4.79 Å². The quantitative estimate of drug-likeness (QED) is 0.550. The van der Waals surface area contributed by atoms with Crippen LogP contribution < -0.4 is 15.0 Å². The highest BCUT2D eigenvalue weighted by Gasteiger charge is 2.25. The minimum absolute atomic E-state index is 0.0255. The molecule has 0 unspecified atom stereocenters. The number of carboxylic acids is 1. The number of nitrogens with zero attached hydrogens (tertiary/aromatic N) is 1. The molecule has 1 fully saturated rings. The van der Waals surface area contributed by atoms with Crippen molar-refractivity contribution in [1.82, 2.24) is 5.32 Å². The summed E-state index contributed by atoms with van der Waals surface area (Å²) >= 11 is 0. The molecule has 4 rings (SSSR count). The van der Waals surface area contributed by atoms with E-state index in [9.17, 15) is 4.79 Å². The second-order valence-electron chi connectivity index (χ2n) is 8.18. The van der Waals surface area contributed by atoms with Gasteiger partial charge in [-0.1, -0.05) is 48.5 Å². The average molecular weight is 419 g/mol.